The molecule has 1 aromatic rings. The smallest absolute Gasteiger partial charge is 0.303 e. The fourth-order valence-electron chi connectivity index (χ4n) is 2.14. The molecule has 116 valence electrons. The minimum atomic E-state index is -0.951. The number of ketones is 1. The predicted molar refractivity (Wildman–Crippen MR) is 82.3 cm³/mol. The van der Waals surface area contributed by atoms with Crippen LogP contribution in [0.1, 0.15) is 67.4 Å². The summed E-state index contributed by atoms with van der Waals surface area (Å²) in [4.78, 5) is 22.8. The van der Waals surface area contributed by atoms with Gasteiger partial charge in [-0.3, -0.25) is 9.59 Å². The van der Waals surface area contributed by atoms with Crippen LogP contribution in [0.15, 0.2) is 12.1 Å². The van der Waals surface area contributed by atoms with Gasteiger partial charge in [0.1, 0.15) is 5.75 Å². The summed E-state index contributed by atoms with van der Waals surface area (Å²) in [7, 11) is 0. The Balaban J connectivity index is 3.08. The highest BCUT2D eigenvalue weighted by Crippen LogP contribution is 2.30. The van der Waals surface area contributed by atoms with Crippen molar-refractivity contribution in [3.8, 4) is 5.75 Å². The highest BCUT2D eigenvalue weighted by molar-refractivity contribution is 5.99. The van der Waals surface area contributed by atoms with Crippen molar-refractivity contribution in [2.45, 2.75) is 52.9 Å². The van der Waals surface area contributed by atoms with Gasteiger partial charge in [0, 0.05) is 12.0 Å². The van der Waals surface area contributed by atoms with Gasteiger partial charge < -0.3 is 9.84 Å². The highest BCUT2D eigenvalue weighted by Gasteiger charge is 2.16. The molecule has 1 rings (SSSR count). The lowest BCUT2D eigenvalue weighted by Gasteiger charge is -2.17. The summed E-state index contributed by atoms with van der Waals surface area (Å²) in [6.07, 6.45) is 0.822. The third-order valence-corrected chi connectivity index (χ3v) is 3.31. The van der Waals surface area contributed by atoms with E-state index in [0.29, 0.717) is 12.2 Å². The number of benzene rings is 1. The van der Waals surface area contributed by atoms with Gasteiger partial charge >= 0.3 is 5.97 Å². The number of aryl methyl sites for hydroxylation is 1. The number of hydrogen-bond donors (Lipinski definition) is 1. The van der Waals surface area contributed by atoms with Crippen molar-refractivity contribution in [1.29, 1.82) is 0 Å². The fourth-order valence-corrected chi connectivity index (χ4v) is 2.14. The molecule has 0 aliphatic carbocycles. The fraction of sp³-hybridized carbons (Fsp3) is 0.529. The van der Waals surface area contributed by atoms with Crippen LogP contribution in [0.3, 0.4) is 0 Å². The van der Waals surface area contributed by atoms with E-state index in [2.05, 4.69) is 13.8 Å². The first-order valence-electron chi connectivity index (χ1n) is 7.39. The SMILES string of the molecule is CCCOc1cc(C)c(C(=O)CCC(=O)O)cc1C(C)C. The van der Waals surface area contributed by atoms with Gasteiger partial charge in [-0.1, -0.05) is 20.8 Å². The first-order chi connectivity index (χ1) is 9.86. The molecule has 0 heterocycles. The first-order valence-corrected chi connectivity index (χ1v) is 7.39. The Morgan fingerprint density at radius 1 is 1.24 bits per heavy atom. The number of Topliss-reactive ketones (excluding diaryl/α,β-unsaturated/α-hetero) is 1. The van der Waals surface area contributed by atoms with Crippen LogP contribution in [0.4, 0.5) is 0 Å². The molecule has 0 aromatic heterocycles. The molecule has 0 bridgehead atoms. The van der Waals surface area contributed by atoms with E-state index < -0.39 is 5.97 Å². The van der Waals surface area contributed by atoms with Crippen LogP contribution in [0.25, 0.3) is 0 Å². The minimum absolute atomic E-state index is 0.0306. The second kappa shape index (κ2) is 7.81. The summed E-state index contributed by atoms with van der Waals surface area (Å²) in [6, 6.07) is 3.74. The number of carbonyl (C=O) groups is 2. The number of ether oxygens (including phenoxy) is 1. The van der Waals surface area contributed by atoms with E-state index in [0.717, 1.165) is 23.3 Å². The lowest BCUT2D eigenvalue weighted by molar-refractivity contribution is -0.136. The lowest BCUT2D eigenvalue weighted by atomic mass is 9.93. The molecule has 1 N–H and O–H groups in total. The summed E-state index contributed by atoms with van der Waals surface area (Å²) in [5.74, 6) is -0.0190. The number of hydrogen-bond acceptors (Lipinski definition) is 3. The Labute approximate surface area is 126 Å². The van der Waals surface area contributed by atoms with Crippen molar-refractivity contribution in [2.75, 3.05) is 6.61 Å². The Morgan fingerprint density at radius 3 is 2.43 bits per heavy atom. The Morgan fingerprint density at radius 2 is 1.90 bits per heavy atom. The minimum Gasteiger partial charge on any atom is -0.493 e. The van der Waals surface area contributed by atoms with E-state index in [1.165, 1.54) is 0 Å². The molecule has 0 unspecified atom stereocenters. The highest BCUT2D eigenvalue weighted by atomic mass is 16.5. The van der Waals surface area contributed by atoms with Crippen LogP contribution in [0, 0.1) is 6.92 Å². The van der Waals surface area contributed by atoms with Gasteiger partial charge in [0.2, 0.25) is 0 Å². The maximum Gasteiger partial charge on any atom is 0.303 e. The predicted octanol–water partition coefficient (Wildman–Crippen LogP) is 3.95. The molecule has 0 saturated carbocycles. The molecule has 4 heteroatoms. The van der Waals surface area contributed by atoms with Crippen LogP contribution in [0.5, 0.6) is 5.75 Å². The molecule has 0 saturated heterocycles. The van der Waals surface area contributed by atoms with Crippen LogP contribution in [0.2, 0.25) is 0 Å². The molecule has 21 heavy (non-hydrogen) atoms. The molecule has 0 fully saturated rings. The number of carbonyl (C=O) groups excluding carboxylic acids is 1. The number of carboxylic acids is 1. The quantitative estimate of drug-likeness (QED) is 0.737. The molecular formula is C17H24O4. The second-order valence-electron chi connectivity index (χ2n) is 5.53. The first kappa shape index (κ1) is 17.2. The summed E-state index contributed by atoms with van der Waals surface area (Å²) >= 11 is 0. The van der Waals surface area contributed by atoms with Crippen molar-refractivity contribution >= 4 is 11.8 Å². The largest absolute Gasteiger partial charge is 0.493 e. The van der Waals surface area contributed by atoms with Gasteiger partial charge in [0.15, 0.2) is 5.78 Å². The monoisotopic (exact) mass is 292 g/mol. The maximum atomic E-state index is 12.2. The van der Waals surface area contributed by atoms with Gasteiger partial charge in [-0.05, 0) is 42.5 Å². The van der Waals surface area contributed by atoms with E-state index >= 15 is 0 Å². The zero-order valence-corrected chi connectivity index (χ0v) is 13.2. The third kappa shape index (κ3) is 4.88. The van der Waals surface area contributed by atoms with Crippen molar-refractivity contribution in [1.82, 2.24) is 0 Å². The maximum absolute atomic E-state index is 12.2. The normalized spacial score (nSPS) is 10.7. The molecule has 0 amide bonds. The molecule has 0 radical (unpaired) electrons. The molecule has 0 aliphatic rings. The standard InChI is InChI=1S/C17H24O4/c1-5-8-21-16-9-12(4)14(10-13(16)11(2)3)15(18)6-7-17(19)20/h9-11H,5-8H2,1-4H3,(H,19,20). The summed E-state index contributed by atoms with van der Waals surface area (Å²) in [5.41, 5.74) is 2.43. The van der Waals surface area contributed by atoms with Gasteiger partial charge in [0.05, 0.1) is 13.0 Å². The van der Waals surface area contributed by atoms with Crippen molar-refractivity contribution in [3.63, 3.8) is 0 Å². The summed E-state index contributed by atoms with van der Waals surface area (Å²) in [5, 5.41) is 8.69. The van der Waals surface area contributed by atoms with E-state index in [1.807, 2.05) is 26.0 Å². The molecule has 0 spiro atoms. The van der Waals surface area contributed by atoms with Crippen molar-refractivity contribution in [2.24, 2.45) is 0 Å². The summed E-state index contributed by atoms with van der Waals surface area (Å²) < 4.78 is 5.76. The van der Waals surface area contributed by atoms with Crippen LogP contribution in [-0.4, -0.2) is 23.5 Å². The van der Waals surface area contributed by atoms with E-state index in [1.54, 1.807) is 0 Å². The third-order valence-electron chi connectivity index (χ3n) is 3.31. The average Bonchev–Trinajstić information content (AvgIpc) is 2.42. The summed E-state index contributed by atoms with van der Waals surface area (Å²) in [6.45, 7) is 8.65. The van der Waals surface area contributed by atoms with E-state index in [-0.39, 0.29) is 24.5 Å². The average molecular weight is 292 g/mol. The number of aliphatic carboxylic acids is 1. The Hall–Kier alpha value is -1.84. The van der Waals surface area contributed by atoms with Gasteiger partial charge in [0.25, 0.3) is 0 Å². The van der Waals surface area contributed by atoms with E-state index in [9.17, 15) is 9.59 Å². The number of carboxylic acid groups (broad SMARTS) is 1. The zero-order chi connectivity index (χ0) is 16.0. The van der Waals surface area contributed by atoms with Gasteiger partial charge in [-0.25, -0.2) is 0 Å². The van der Waals surface area contributed by atoms with Gasteiger partial charge in [-0.2, -0.15) is 0 Å². The van der Waals surface area contributed by atoms with Crippen LogP contribution < -0.4 is 4.74 Å². The second-order valence-corrected chi connectivity index (χ2v) is 5.53. The Kier molecular flexibility index (Phi) is 6.40. The van der Waals surface area contributed by atoms with Crippen molar-refractivity contribution < 1.29 is 19.4 Å². The molecule has 1 aromatic carbocycles. The molecule has 0 atom stereocenters. The topological polar surface area (TPSA) is 63.6 Å². The zero-order valence-electron chi connectivity index (χ0n) is 13.2. The van der Waals surface area contributed by atoms with E-state index in [4.69, 9.17) is 9.84 Å². The molecule has 0 aliphatic heterocycles. The van der Waals surface area contributed by atoms with Crippen LogP contribution >= 0.6 is 0 Å². The molecule has 4 nitrogen and oxygen atoms in total. The number of rotatable bonds is 8. The van der Waals surface area contributed by atoms with Gasteiger partial charge in [-0.15, -0.1) is 0 Å². The lowest BCUT2D eigenvalue weighted by Crippen LogP contribution is -2.08. The van der Waals surface area contributed by atoms with Crippen molar-refractivity contribution in [3.05, 3.63) is 28.8 Å². The molecular weight excluding hydrogens is 268 g/mol. The van der Waals surface area contributed by atoms with Crippen LogP contribution in [-0.2, 0) is 4.79 Å². The Bertz CT molecular complexity index is 518.